The van der Waals surface area contributed by atoms with E-state index in [1.54, 1.807) is 16.8 Å². The number of aromatic nitrogens is 3. The molecule has 0 saturated carbocycles. The van der Waals surface area contributed by atoms with Gasteiger partial charge in [0.05, 0.1) is 16.9 Å². The van der Waals surface area contributed by atoms with Crippen molar-refractivity contribution in [1.82, 2.24) is 19.7 Å². The van der Waals surface area contributed by atoms with Gasteiger partial charge in [-0.05, 0) is 19.2 Å². The lowest BCUT2D eigenvalue weighted by atomic mass is 10.3. The summed E-state index contributed by atoms with van der Waals surface area (Å²) < 4.78 is 1.79. The summed E-state index contributed by atoms with van der Waals surface area (Å²) in [5, 5.41) is 4.78. The average molecular weight is 266 g/mol. The van der Waals surface area contributed by atoms with Crippen molar-refractivity contribution in [2.24, 2.45) is 7.05 Å². The van der Waals surface area contributed by atoms with Gasteiger partial charge in [0, 0.05) is 31.9 Å². The number of anilines is 1. The molecule has 0 spiro atoms. The number of nitrogens with zero attached hydrogens (tertiary/aromatic N) is 4. The number of nitrogens with two attached hydrogens (primary N) is 1. The Morgan fingerprint density at radius 2 is 2.17 bits per heavy atom. The molecule has 2 aromatic rings. The van der Waals surface area contributed by atoms with E-state index in [1.807, 2.05) is 26.5 Å². The number of hydrogen-bond acceptors (Lipinski definition) is 4. The van der Waals surface area contributed by atoms with Gasteiger partial charge in [-0.1, -0.05) is 11.6 Å². The molecule has 0 unspecified atom stereocenters. The van der Waals surface area contributed by atoms with Crippen molar-refractivity contribution in [1.29, 1.82) is 0 Å². The second-order valence-corrected chi connectivity index (χ2v) is 4.77. The minimum atomic E-state index is 0.490. The molecule has 0 atom stereocenters. The molecule has 0 amide bonds. The molecule has 0 aliphatic rings. The predicted molar refractivity (Wildman–Crippen MR) is 72.0 cm³/mol. The molecule has 96 valence electrons. The molecule has 0 radical (unpaired) electrons. The monoisotopic (exact) mass is 265 g/mol. The standard InChI is InChI=1S/C12H16ClN5/c1-17(6-9-5-15-18(2)7-9)8-11-10(13)3-4-12(14)16-11/h3-5,7H,6,8H2,1-2H3,(H2,14,16). The number of pyridine rings is 1. The van der Waals surface area contributed by atoms with Crippen LogP contribution < -0.4 is 5.73 Å². The summed E-state index contributed by atoms with van der Waals surface area (Å²) in [6, 6.07) is 3.48. The summed E-state index contributed by atoms with van der Waals surface area (Å²) in [6.07, 6.45) is 3.84. The topological polar surface area (TPSA) is 60.0 Å². The molecule has 2 N–H and O–H groups in total. The summed E-state index contributed by atoms with van der Waals surface area (Å²) in [6.45, 7) is 1.44. The van der Waals surface area contributed by atoms with Gasteiger partial charge < -0.3 is 5.73 Å². The van der Waals surface area contributed by atoms with Gasteiger partial charge in [-0.15, -0.1) is 0 Å². The maximum atomic E-state index is 6.09. The molecule has 0 aliphatic carbocycles. The lowest BCUT2D eigenvalue weighted by Gasteiger charge is -2.16. The molecular formula is C12H16ClN5. The van der Waals surface area contributed by atoms with E-state index in [2.05, 4.69) is 15.0 Å². The molecule has 0 aliphatic heterocycles. The molecule has 18 heavy (non-hydrogen) atoms. The second kappa shape index (κ2) is 5.37. The number of halogens is 1. The van der Waals surface area contributed by atoms with Crippen molar-refractivity contribution in [3.63, 3.8) is 0 Å². The van der Waals surface area contributed by atoms with Crippen molar-refractivity contribution in [3.8, 4) is 0 Å². The summed E-state index contributed by atoms with van der Waals surface area (Å²) in [4.78, 5) is 6.36. The van der Waals surface area contributed by atoms with Gasteiger partial charge in [0.15, 0.2) is 0 Å². The Kier molecular flexibility index (Phi) is 3.84. The fourth-order valence-electron chi connectivity index (χ4n) is 1.79. The van der Waals surface area contributed by atoms with Gasteiger partial charge in [-0.3, -0.25) is 9.58 Å². The number of aryl methyl sites for hydroxylation is 1. The molecule has 6 heteroatoms. The first-order valence-corrected chi connectivity index (χ1v) is 5.99. The molecule has 2 heterocycles. The highest BCUT2D eigenvalue weighted by molar-refractivity contribution is 6.31. The van der Waals surface area contributed by atoms with E-state index >= 15 is 0 Å². The van der Waals surface area contributed by atoms with E-state index in [4.69, 9.17) is 17.3 Å². The van der Waals surface area contributed by atoms with E-state index in [1.165, 1.54) is 0 Å². The Morgan fingerprint density at radius 1 is 1.39 bits per heavy atom. The van der Waals surface area contributed by atoms with Crippen LogP contribution in [0, 0.1) is 0 Å². The molecule has 2 aromatic heterocycles. The number of rotatable bonds is 4. The van der Waals surface area contributed by atoms with Gasteiger partial charge >= 0.3 is 0 Å². The van der Waals surface area contributed by atoms with Crippen LogP contribution in [0.4, 0.5) is 5.82 Å². The molecule has 0 saturated heterocycles. The fraction of sp³-hybridized carbons (Fsp3) is 0.333. The van der Waals surface area contributed by atoms with Crippen LogP contribution in [0.3, 0.4) is 0 Å². The highest BCUT2D eigenvalue weighted by Gasteiger charge is 2.08. The molecule has 2 rings (SSSR count). The number of nitrogen functional groups attached to an aromatic ring is 1. The summed E-state index contributed by atoms with van der Waals surface area (Å²) in [5.41, 5.74) is 7.60. The Hall–Kier alpha value is -1.59. The van der Waals surface area contributed by atoms with Crippen LogP contribution >= 0.6 is 11.6 Å². The lowest BCUT2D eigenvalue weighted by molar-refractivity contribution is 0.315. The maximum absolute atomic E-state index is 6.09. The first-order chi connectivity index (χ1) is 8.54. The zero-order valence-electron chi connectivity index (χ0n) is 10.5. The van der Waals surface area contributed by atoms with E-state index < -0.39 is 0 Å². The predicted octanol–water partition coefficient (Wildman–Crippen LogP) is 1.68. The SMILES string of the molecule is CN(Cc1cnn(C)c1)Cc1nc(N)ccc1Cl. The quantitative estimate of drug-likeness (QED) is 0.914. The zero-order chi connectivity index (χ0) is 13.1. The first-order valence-electron chi connectivity index (χ1n) is 5.61. The summed E-state index contributed by atoms with van der Waals surface area (Å²) in [7, 11) is 3.91. The molecule has 0 bridgehead atoms. The van der Waals surface area contributed by atoms with E-state index in [9.17, 15) is 0 Å². The van der Waals surface area contributed by atoms with Crippen LogP contribution in [0.5, 0.6) is 0 Å². The maximum Gasteiger partial charge on any atom is 0.123 e. The van der Waals surface area contributed by atoms with E-state index in [0.29, 0.717) is 17.4 Å². The van der Waals surface area contributed by atoms with E-state index in [-0.39, 0.29) is 0 Å². The zero-order valence-corrected chi connectivity index (χ0v) is 11.2. The fourth-order valence-corrected chi connectivity index (χ4v) is 1.95. The lowest BCUT2D eigenvalue weighted by Crippen LogP contribution is -2.18. The molecule has 0 aromatic carbocycles. The van der Waals surface area contributed by atoms with Gasteiger partial charge in [0.2, 0.25) is 0 Å². The van der Waals surface area contributed by atoms with Crippen LogP contribution in [0.1, 0.15) is 11.3 Å². The Labute approximate surface area is 111 Å². The van der Waals surface area contributed by atoms with Gasteiger partial charge in [0.25, 0.3) is 0 Å². The van der Waals surface area contributed by atoms with Crippen LogP contribution in [0.15, 0.2) is 24.5 Å². The third-order valence-corrected chi connectivity index (χ3v) is 2.91. The average Bonchev–Trinajstić information content (AvgIpc) is 2.69. The molecule has 5 nitrogen and oxygen atoms in total. The highest BCUT2D eigenvalue weighted by atomic mass is 35.5. The van der Waals surface area contributed by atoms with E-state index in [0.717, 1.165) is 17.8 Å². The van der Waals surface area contributed by atoms with Crippen molar-refractivity contribution in [2.45, 2.75) is 13.1 Å². The Bertz CT molecular complexity index is 537. The van der Waals surface area contributed by atoms with Gasteiger partial charge in [-0.25, -0.2) is 4.98 Å². The van der Waals surface area contributed by atoms with Gasteiger partial charge in [0.1, 0.15) is 5.82 Å². The minimum Gasteiger partial charge on any atom is -0.384 e. The molecular weight excluding hydrogens is 250 g/mol. The minimum absolute atomic E-state index is 0.490. The third-order valence-electron chi connectivity index (χ3n) is 2.57. The molecule has 0 fully saturated rings. The van der Waals surface area contributed by atoms with Crippen LogP contribution in [-0.4, -0.2) is 26.7 Å². The second-order valence-electron chi connectivity index (χ2n) is 4.36. The van der Waals surface area contributed by atoms with Crippen molar-refractivity contribution in [2.75, 3.05) is 12.8 Å². The van der Waals surface area contributed by atoms with Crippen molar-refractivity contribution < 1.29 is 0 Å². The Morgan fingerprint density at radius 3 is 2.83 bits per heavy atom. The summed E-state index contributed by atoms with van der Waals surface area (Å²) >= 11 is 6.09. The number of hydrogen-bond donors (Lipinski definition) is 1. The van der Waals surface area contributed by atoms with Gasteiger partial charge in [-0.2, -0.15) is 5.10 Å². The van der Waals surface area contributed by atoms with Crippen molar-refractivity contribution >= 4 is 17.4 Å². The smallest absolute Gasteiger partial charge is 0.123 e. The normalized spacial score (nSPS) is 11.1. The largest absolute Gasteiger partial charge is 0.384 e. The van der Waals surface area contributed by atoms with Crippen LogP contribution in [0.2, 0.25) is 5.02 Å². The van der Waals surface area contributed by atoms with Crippen LogP contribution in [-0.2, 0) is 20.1 Å². The van der Waals surface area contributed by atoms with Crippen molar-refractivity contribution in [3.05, 3.63) is 40.8 Å². The first kappa shape index (κ1) is 12.9. The third kappa shape index (κ3) is 3.21. The Balaban J connectivity index is 2.02. The van der Waals surface area contributed by atoms with Crippen LogP contribution in [0.25, 0.3) is 0 Å². The highest BCUT2D eigenvalue weighted by Crippen LogP contribution is 2.17. The summed E-state index contributed by atoms with van der Waals surface area (Å²) in [5.74, 6) is 0.490.